The minimum absolute atomic E-state index is 0.0474. The fourth-order valence-electron chi connectivity index (χ4n) is 4.07. The SMILES string of the molecule is O=C1CC(C(=O)NCCc2nc3ccccc3s2)C2(CCCCC2)O1. The normalized spacial score (nSPS) is 22.2. The lowest BCUT2D eigenvalue weighted by atomic mass is 9.75. The van der Waals surface area contributed by atoms with Gasteiger partial charge >= 0.3 is 5.97 Å². The molecule has 1 spiro atoms. The summed E-state index contributed by atoms with van der Waals surface area (Å²) >= 11 is 1.66. The van der Waals surface area contributed by atoms with Gasteiger partial charge in [-0.15, -0.1) is 11.3 Å². The van der Waals surface area contributed by atoms with Crippen molar-refractivity contribution >= 4 is 33.4 Å². The number of carbonyl (C=O) groups is 2. The highest BCUT2D eigenvalue weighted by Gasteiger charge is 2.52. The van der Waals surface area contributed by atoms with Crippen molar-refractivity contribution in [2.45, 2.75) is 50.5 Å². The van der Waals surface area contributed by atoms with Gasteiger partial charge in [-0.05, 0) is 37.8 Å². The van der Waals surface area contributed by atoms with E-state index < -0.39 is 5.60 Å². The van der Waals surface area contributed by atoms with Gasteiger partial charge in [0.25, 0.3) is 0 Å². The first kappa shape index (κ1) is 16.5. The van der Waals surface area contributed by atoms with Crippen LogP contribution in [0.3, 0.4) is 0 Å². The fraction of sp³-hybridized carbons (Fsp3) is 0.526. The predicted octanol–water partition coefficient (Wildman–Crippen LogP) is 3.22. The van der Waals surface area contributed by atoms with Gasteiger partial charge < -0.3 is 10.1 Å². The standard InChI is InChI=1S/C19H22N2O3S/c22-17-12-13(19(24-17)9-4-1-5-10-19)18(23)20-11-8-16-21-14-6-2-3-7-15(14)25-16/h2-3,6-7,13H,1,4-5,8-12H2,(H,20,23). The highest BCUT2D eigenvalue weighted by molar-refractivity contribution is 7.18. The minimum Gasteiger partial charge on any atom is -0.458 e. The number of aromatic nitrogens is 1. The van der Waals surface area contributed by atoms with Crippen molar-refractivity contribution in [2.75, 3.05) is 6.54 Å². The van der Waals surface area contributed by atoms with Crippen LogP contribution in [0.4, 0.5) is 0 Å². The molecule has 1 aromatic heterocycles. The first-order valence-electron chi connectivity index (χ1n) is 9.00. The van der Waals surface area contributed by atoms with E-state index in [0.717, 1.165) is 42.6 Å². The van der Waals surface area contributed by atoms with Gasteiger partial charge in [0, 0.05) is 13.0 Å². The molecule has 6 heteroatoms. The van der Waals surface area contributed by atoms with E-state index in [2.05, 4.69) is 16.4 Å². The van der Waals surface area contributed by atoms with Crippen molar-refractivity contribution < 1.29 is 14.3 Å². The molecule has 132 valence electrons. The minimum atomic E-state index is -0.546. The Morgan fingerprint density at radius 1 is 1.28 bits per heavy atom. The van der Waals surface area contributed by atoms with Crippen LogP contribution in [0.25, 0.3) is 10.2 Å². The van der Waals surface area contributed by atoms with Crippen LogP contribution in [0.5, 0.6) is 0 Å². The van der Waals surface area contributed by atoms with Crippen LogP contribution in [0.15, 0.2) is 24.3 Å². The van der Waals surface area contributed by atoms with Crippen LogP contribution in [0.1, 0.15) is 43.5 Å². The number of amides is 1. The second kappa shape index (κ2) is 6.75. The number of ether oxygens (including phenoxy) is 1. The van der Waals surface area contributed by atoms with Gasteiger partial charge in [-0.2, -0.15) is 0 Å². The molecule has 0 bridgehead atoms. The zero-order valence-corrected chi connectivity index (χ0v) is 14.9. The number of rotatable bonds is 4. The number of fused-ring (bicyclic) bond motifs is 1. The van der Waals surface area contributed by atoms with Crippen LogP contribution in [-0.4, -0.2) is 29.0 Å². The van der Waals surface area contributed by atoms with Gasteiger partial charge in [0.15, 0.2) is 0 Å². The molecule has 1 aliphatic carbocycles. The number of benzene rings is 1. The maximum atomic E-state index is 12.7. The average molecular weight is 358 g/mol. The van der Waals surface area contributed by atoms with Gasteiger partial charge in [-0.1, -0.05) is 18.6 Å². The number of hydrogen-bond donors (Lipinski definition) is 1. The van der Waals surface area contributed by atoms with Crippen LogP contribution in [0, 0.1) is 5.92 Å². The number of esters is 1. The molecule has 1 unspecified atom stereocenters. The Balaban J connectivity index is 1.37. The zero-order valence-electron chi connectivity index (χ0n) is 14.1. The highest BCUT2D eigenvalue weighted by atomic mass is 32.1. The molecule has 1 N–H and O–H groups in total. The third-order valence-electron chi connectivity index (χ3n) is 5.32. The van der Waals surface area contributed by atoms with E-state index in [-0.39, 0.29) is 24.2 Å². The number of thiazole rings is 1. The molecule has 2 fully saturated rings. The molecule has 1 atom stereocenters. The number of hydrogen-bond acceptors (Lipinski definition) is 5. The molecule has 0 radical (unpaired) electrons. The molecule has 25 heavy (non-hydrogen) atoms. The Morgan fingerprint density at radius 3 is 2.88 bits per heavy atom. The first-order chi connectivity index (χ1) is 12.2. The maximum absolute atomic E-state index is 12.7. The topological polar surface area (TPSA) is 68.3 Å². The van der Waals surface area contributed by atoms with E-state index in [0.29, 0.717) is 13.0 Å². The molecule has 2 aliphatic rings. The van der Waals surface area contributed by atoms with Crippen LogP contribution in [-0.2, 0) is 20.7 Å². The number of nitrogens with one attached hydrogen (secondary N) is 1. The third-order valence-corrected chi connectivity index (χ3v) is 6.41. The highest BCUT2D eigenvalue weighted by Crippen LogP contribution is 2.44. The lowest BCUT2D eigenvalue weighted by Crippen LogP contribution is -2.46. The van der Waals surface area contributed by atoms with Crippen molar-refractivity contribution in [3.63, 3.8) is 0 Å². The van der Waals surface area contributed by atoms with E-state index in [1.807, 2.05) is 18.2 Å². The van der Waals surface area contributed by atoms with Crippen molar-refractivity contribution in [1.82, 2.24) is 10.3 Å². The molecule has 2 aromatic rings. The zero-order chi connectivity index (χ0) is 17.3. The molecule has 1 aromatic carbocycles. The summed E-state index contributed by atoms with van der Waals surface area (Å²) in [4.78, 5) is 29.1. The largest absolute Gasteiger partial charge is 0.458 e. The van der Waals surface area contributed by atoms with E-state index in [4.69, 9.17) is 4.74 Å². The Bertz CT molecular complexity index is 762. The number of nitrogens with zero attached hydrogens (tertiary/aromatic N) is 1. The molecule has 1 saturated heterocycles. The van der Waals surface area contributed by atoms with Crippen molar-refractivity contribution in [3.8, 4) is 0 Å². The monoisotopic (exact) mass is 358 g/mol. The smallest absolute Gasteiger partial charge is 0.307 e. The summed E-state index contributed by atoms with van der Waals surface area (Å²) in [7, 11) is 0. The van der Waals surface area contributed by atoms with Crippen molar-refractivity contribution in [1.29, 1.82) is 0 Å². The molecule has 1 amide bonds. The lowest BCUT2D eigenvalue weighted by Gasteiger charge is -2.36. The predicted molar refractivity (Wildman–Crippen MR) is 96.3 cm³/mol. The molecular formula is C19H22N2O3S. The summed E-state index contributed by atoms with van der Waals surface area (Å²) in [5.41, 5.74) is 0.458. The number of para-hydroxylation sites is 1. The molecule has 2 heterocycles. The molecule has 4 rings (SSSR count). The van der Waals surface area contributed by atoms with E-state index in [1.165, 1.54) is 4.70 Å². The summed E-state index contributed by atoms with van der Waals surface area (Å²) < 4.78 is 6.78. The Morgan fingerprint density at radius 2 is 2.08 bits per heavy atom. The van der Waals surface area contributed by atoms with Gasteiger partial charge in [0.2, 0.25) is 5.91 Å². The Kier molecular flexibility index (Phi) is 4.46. The van der Waals surface area contributed by atoms with Crippen molar-refractivity contribution in [2.24, 2.45) is 5.92 Å². The lowest BCUT2D eigenvalue weighted by molar-refractivity contribution is -0.153. The quantitative estimate of drug-likeness (QED) is 0.852. The van der Waals surface area contributed by atoms with Crippen LogP contribution >= 0.6 is 11.3 Å². The van der Waals surface area contributed by atoms with Crippen molar-refractivity contribution in [3.05, 3.63) is 29.3 Å². The van der Waals surface area contributed by atoms with Gasteiger partial charge in [-0.25, -0.2) is 4.98 Å². The second-order valence-electron chi connectivity index (χ2n) is 6.97. The van der Waals surface area contributed by atoms with E-state index in [9.17, 15) is 9.59 Å². The van der Waals surface area contributed by atoms with Crippen LogP contribution < -0.4 is 5.32 Å². The first-order valence-corrected chi connectivity index (χ1v) is 9.82. The summed E-state index contributed by atoms with van der Waals surface area (Å²) in [6, 6.07) is 8.05. The van der Waals surface area contributed by atoms with Gasteiger partial charge in [0.05, 0.1) is 27.6 Å². The summed E-state index contributed by atoms with van der Waals surface area (Å²) in [6.07, 6.45) is 5.77. The third kappa shape index (κ3) is 3.27. The molecule has 1 saturated carbocycles. The fourth-order valence-corrected chi connectivity index (χ4v) is 5.03. The maximum Gasteiger partial charge on any atom is 0.307 e. The van der Waals surface area contributed by atoms with E-state index >= 15 is 0 Å². The average Bonchev–Trinajstić information content (AvgIpc) is 3.16. The Labute approximate surface area is 150 Å². The summed E-state index contributed by atoms with van der Waals surface area (Å²) in [5.74, 6) is -0.613. The summed E-state index contributed by atoms with van der Waals surface area (Å²) in [5, 5.41) is 4.03. The molecule has 1 aliphatic heterocycles. The number of carbonyl (C=O) groups excluding carboxylic acids is 2. The van der Waals surface area contributed by atoms with Gasteiger partial charge in [-0.3, -0.25) is 9.59 Å². The molecular weight excluding hydrogens is 336 g/mol. The Hall–Kier alpha value is -1.95. The molecule has 5 nitrogen and oxygen atoms in total. The van der Waals surface area contributed by atoms with E-state index in [1.54, 1.807) is 11.3 Å². The summed E-state index contributed by atoms with van der Waals surface area (Å²) in [6.45, 7) is 0.541. The second-order valence-corrected chi connectivity index (χ2v) is 8.09. The van der Waals surface area contributed by atoms with Gasteiger partial charge in [0.1, 0.15) is 5.60 Å². The van der Waals surface area contributed by atoms with Crippen LogP contribution in [0.2, 0.25) is 0 Å².